The first-order valence-electron chi connectivity index (χ1n) is 9.81. The van der Waals surface area contributed by atoms with E-state index in [0.29, 0.717) is 13.1 Å². The Kier molecular flexibility index (Phi) is 5.82. The highest BCUT2D eigenvalue weighted by Gasteiger charge is 2.25. The summed E-state index contributed by atoms with van der Waals surface area (Å²) in [4.78, 5) is 17.1. The Morgan fingerprint density at radius 2 is 1.67 bits per heavy atom. The zero-order valence-electron chi connectivity index (χ0n) is 16.7. The van der Waals surface area contributed by atoms with Crippen LogP contribution in [0.25, 0.3) is 10.8 Å². The monoisotopic (exact) mass is 442 g/mol. The van der Waals surface area contributed by atoms with E-state index in [1.54, 1.807) is 4.90 Å². The van der Waals surface area contributed by atoms with E-state index in [-0.39, 0.29) is 21.4 Å². The number of amides is 1. The lowest BCUT2D eigenvalue weighted by molar-refractivity contribution is 0.0629. The smallest absolute Gasteiger partial charge is 0.255 e. The van der Waals surface area contributed by atoms with Crippen LogP contribution in [0.15, 0.2) is 65.6 Å². The van der Waals surface area contributed by atoms with Crippen molar-refractivity contribution in [3.05, 3.63) is 76.8 Å². The predicted molar refractivity (Wildman–Crippen MR) is 120 cm³/mol. The van der Waals surface area contributed by atoms with E-state index in [1.165, 1.54) is 34.5 Å². The first kappa shape index (κ1) is 20.8. The minimum Gasteiger partial charge on any atom is -0.336 e. The van der Waals surface area contributed by atoms with Gasteiger partial charge >= 0.3 is 0 Å². The number of carbonyl (C=O) groups excluding carboxylic acids is 1. The minimum atomic E-state index is -3.41. The van der Waals surface area contributed by atoms with Gasteiger partial charge in [-0.25, -0.2) is 8.42 Å². The molecular weight excluding hydrogens is 420 g/mol. The number of halogens is 1. The molecule has 5 nitrogen and oxygen atoms in total. The van der Waals surface area contributed by atoms with Crippen molar-refractivity contribution < 1.29 is 13.2 Å². The normalized spacial score (nSPS) is 15.5. The van der Waals surface area contributed by atoms with Gasteiger partial charge < -0.3 is 4.90 Å². The molecular formula is C23H23ClN2O3S. The number of sulfone groups is 1. The van der Waals surface area contributed by atoms with Gasteiger partial charge in [-0.1, -0.05) is 54.1 Å². The van der Waals surface area contributed by atoms with Crippen molar-refractivity contribution in [2.45, 2.75) is 11.4 Å². The Morgan fingerprint density at radius 1 is 0.967 bits per heavy atom. The Balaban J connectivity index is 1.45. The van der Waals surface area contributed by atoms with E-state index in [0.717, 1.165) is 25.9 Å². The zero-order valence-corrected chi connectivity index (χ0v) is 18.3. The number of piperazine rings is 1. The van der Waals surface area contributed by atoms with Crippen molar-refractivity contribution in [1.82, 2.24) is 9.80 Å². The van der Waals surface area contributed by atoms with Gasteiger partial charge in [-0.15, -0.1) is 0 Å². The number of fused-ring (bicyclic) bond motifs is 1. The first-order chi connectivity index (χ1) is 14.3. The zero-order chi connectivity index (χ0) is 21.3. The molecule has 0 saturated carbocycles. The Bertz CT molecular complexity index is 1200. The number of nitrogens with zero attached hydrogens (tertiary/aromatic N) is 2. The summed E-state index contributed by atoms with van der Waals surface area (Å²) in [6.45, 7) is 3.47. The highest BCUT2D eigenvalue weighted by atomic mass is 35.5. The van der Waals surface area contributed by atoms with Gasteiger partial charge in [0.05, 0.1) is 15.5 Å². The Hall–Kier alpha value is -2.41. The van der Waals surface area contributed by atoms with Crippen molar-refractivity contribution in [2.75, 3.05) is 32.4 Å². The summed E-state index contributed by atoms with van der Waals surface area (Å²) in [6, 6.07) is 19.0. The molecule has 156 valence electrons. The first-order valence-corrected chi connectivity index (χ1v) is 12.1. The van der Waals surface area contributed by atoms with Gasteiger partial charge in [0.1, 0.15) is 0 Å². The van der Waals surface area contributed by atoms with Crippen LogP contribution in [0, 0.1) is 0 Å². The molecule has 3 aromatic carbocycles. The Labute approximate surface area is 181 Å². The number of hydrogen-bond acceptors (Lipinski definition) is 4. The summed E-state index contributed by atoms with van der Waals surface area (Å²) in [5, 5.41) is 2.75. The van der Waals surface area contributed by atoms with Crippen LogP contribution in [-0.4, -0.2) is 56.6 Å². The summed E-state index contributed by atoms with van der Waals surface area (Å²) in [5.41, 5.74) is 1.51. The van der Waals surface area contributed by atoms with E-state index in [2.05, 4.69) is 41.3 Å². The van der Waals surface area contributed by atoms with Gasteiger partial charge in [0, 0.05) is 39.0 Å². The average Bonchev–Trinajstić information content (AvgIpc) is 2.73. The SMILES string of the molecule is CS(=O)(=O)c1ccc(Cl)c(C(=O)N2CCN(Cc3cccc4ccccc34)CC2)c1. The molecule has 4 rings (SSSR count). The standard InChI is InChI=1S/C23H23ClN2O3S/c1-30(28,29)19-9-10-22(24)21(15-19)23(27)26-13-11-25(12-14-26)16-18-7-4-6-17-5-2-3-8-20(17)18/h2-10,15H,11-14,16H2,1H3. The molecule has 1 aliphatic heterocycles. The van der Waals surface area contributed by atoms with Gasteiger partial charge in [0.15, 0.2) is 9.84 Å². The molecule has 0 N–H and O–H groups in total. The molecule has 30 heavy (non-hydrogen) atoms. The third-order valence-electron chi connectivity index (χ3n) is 5.53. The van der Waals surface area contributed by atoms with Crippen LogP contribution < -0.4 is 0 Å². The van der Waals surface area contributed by atoms with Gasteiger partial charge in [-0.3, -0.25) is 9.69 Å². The molecule has 0 bridgehead atoms. The molecule has 3 aromatic rings. The quantitative estimate of drug-likeness (QED) is 0.615. The maximum atomic E-state index is 13.0. The predicted octanol–water partition coefficient (Wildman–Crippen LogP) is 3.85. The third kappa shape index (κ3) is 4.36. The summed E-state index contributed by atoms with van der Waals surface area (Å²) >= 11 is 6.20. The lowest BCUT2D eigenvalue weighted by Crippen LogP contribution is -2.48. The fourth-order valence-corrected chi connectivity index (χ4v) is 4.70. The summed E-state index contributed by atoms with van der Waals surface area (Å²) in [6.07, 6.45) is 1.12. The fraction of sp³-hybridized carbons (Fsp3) is 0.261. The second kappa shape index (κ2) is 8.38. The number of hydrogen-bond donors (Lipinski definition) is 0. The maximum Gasteiger partial charge on any atom is 0.255 e. The summed E-state index contributed by atoms with van der Waals surface area (Å²) < 4.78 is 23.7. The Morgan fingerprint density at radius 3 is 2.40 bits per heavy atom. The highest BCUT2D eigenvalue weighted by molar-refractivity contribution is 7.90. The van der Waals surface area contributed by atoms with Gasteiger partial charge in [-0.2, -0.15) is 0 Å². The van der Waals surface area contributed by atoms with Crippen LogP contribution in [0.3, 0.4) is 0 Å². The van der Waals surface area contributed by atoms with Gasteiger partial charge in [0.2, 0.25) is 0 Å². The summed E-state index contributed by atoms with van der Waals surface area (Å²) in [5.74, 6) is -0.227. The molecule has 1 fully saturated rings. The van der Waals surface area contributed by atoms with Crippen molar-refractivity contribution >= 4 is 38.1 Å². The van der Waals surface area contributed by atoms with Crippen LogP contribution >= 0.6 is 11.6 Å². The molecule has 0 unspecified atom stereocenters. The molecule has 1 aliphatic rings. The molecule has 1 heterocycles. The minimum absolute atomic E-state index is 0.102. The molecule has 0 spiro atoms. The van der Waals surface area contributed by atoms with E-state index in [1.807, 2.05) is 6.07 Å². The third-order valence-corrected chi connectivity index (χ3v) is 6.97. The van der Waals surface area contributed by atoms with Crippen LogP contribution in [0.2, 0.25) is 5.02 Å². The van der Waals surface area contributed by atoms with Crippen LogP contribution in [0.1, 0.15) is 15.9 Å². The van der Waals surface area contributed by atoms with Crippen LogP contribution in [-0.2, 0) is 16.4 Å². The highest BCUT2D eigenvalue weighted by Crippen LogP contribution is 2.24. The lowest BCUT2D eigenvalue weighted by atomic mass is 10.0. The maximum absolute atomic E-state index is 13.0. The lowest BCUT2D eigenvalue weighted by Gasteiger charge is -2.35. The molecule has 0 aromatic heterocycles. The molecule has 0 atom stereocenters. The van der Waals surface area contributed by atoms with E-state index < -0.39 is 9.84 Å². The fourth-order valence-electron chi connectivity index (χ4n) is 3.85. The number of benzene rings is 3. The molecule has 7 heteroatoms. The molecule has 0 radical (unpaired) electrons. The van der Waals surface area contributed by atoms with Crippen LogP contribution in [0.5, 0.6) is 0 Å². The van der Waals surface area contributed by atoms with Crippen molar-refractivity contribution in [3.63, 3.8) is 0 Å². The number of rotatable bonds is 4. The second-order valence-electron chi connectivity index (χ2n) is 7.62. The van der Waals surface area contributed by atoms with Crippen molar-refractivity contribution in [1.29, 1.82) is 0 Å². The van der Waals surface area contributed by atoms with E-state index in [4.69, 9.17) is 11.6 Å². The number of carbonyl (C=O) groups is 1. The van der Waals surface area contributed by atoms with E-state index in [9.17, 15) is 13.2 Å². The topological polar surface area (TPSA) is 57.7 Å². The molecule has 1 saturated heterocycles. The van der Waals surface area contributed by atoms with E-state index >= 15 is 0 Å². The second-order valence-corrected chi connectivity index (χ2v) is 10.0. The van der Waals surface area contributed by atoms with Crippen molar-refractivity contribution in [3.8, 4) is 0 Å². The molecule has 1 amide bonds. The van der Waals surface area contributed by atoms with Crippen molar-refractivity contribution in [2.24, 2.45) is 0 Å². The van der Waals surface area contributed by atoms with Gasteiger partial charge in [-0.05, 0) is 34.5 Å². The largest absolute Gasteiger partial charge is 0.336 e. The summed E-state index contributed by atoms with van der Waals surface area (Å²) in [7, 11) is -3.41. The van der Waals surface area contributed by atoms with Crippen LogP contribution in [0.4, 0.5) is 0 Å². The molecule has 0 aliphatic carbocycles. The average molecular weight is 443 g/mol. The van der Waals surface area contributed by atoms with Gasteiger partial charge in [0.25, 0.3) is 5.91 Å².